The predicted molar refractivity (Wildman–Crippen MR) is 51.3 cm³/mol. The van der Waals surface area contributed by atoms with Gasteiger partial charge in [-0.2, -0.15) is 0 Å². The molecule has 0 aromatic rings. The van der Waals surface area contributed by atoms with E-state index in [0.29, 0.717) is 0 Å². The zero-order valence-corrected chi connectivity index (χ0v) is 9.51. The second-order valence-electron chi connectivity index (χ2n) is 2.29. The van der Waals surface area contributed by atoms with E-state index in [1.165, 1.54) is 0 Å². The Bertz CT molecular complexity index is 166. The molecule has 0 aliphatic carbocycles. The van der Waals surface area contributed by atoms with Crippen molar-refractivity contribution in [1.29, 1.82) is 0 Å². The molecule has 0 spiro atoms. The molecule has 14 heavy (non-hydrogen) atoms. The van der Waals surface area contributed by atoms with E-state index in [1.807, 2.05) is 0 Å². The maximum absolute atomic E-state index is 9.14. The summed E-state index contributed by atoms with van der Waals surface area (Å²) in [7, 11) is 0. The van der Waals surface area contributed by atoms with Crippen LogP contribution >= 0.6 is 0 Å². The molecule has 0 heterocycles. The summed E-state index contributed by atoms with van der Waals surface area (Å²) in [6, 6.07) is 0. The number of hydrogen-bond donors (Lipinski definition) is 0. The number of rotatable bonds is 2. The first-order valence-corrected chi connectivity index (χ1v) is 4.37. The van der Waals surface area contributed by atoms with Crippen LogP contribution in [-0.4, -0.2) is 28.2 Å². The Morgan fingerprint density at radius 1 is 1.14 bits per heavy atom. The fraction of sp³-hybridized carbons (Fsp3) is 0.333. The van der Waals surface area contributed by atoms with Crippen molar-refractivity contribution in [3.8, 4) is 0 Å². The summed E-state index contributed by atoms with van der Waals surface area (Å²) in [5.41, 5.74) is 0. The molecule has 4 nitrogen and oxygen atoms in total. The normalized spacial score (nSPS) is 7.21. The fourth-order valence-corrected chi connectivity index (χ4v) is 0. The van der Waals surface area contributed by atoms with Gasteiger partial charge in [-0.3, -0.25) is 0 Å². The Labute approximate surface area is 92.4 Å². The van der Waals surface area contributed by atoms with Crippen molar-refractivity contribution in [3.63, 3.8) is 0 Å². The van der Waals surface area contributed by atoms with Crippen molar-refractivity contribution < 1.29 is 19.8 Å². The molecule has 0 unspecified atom stereocenters. The van der Waals surface area contributed by atoms with Gasteiger partial charge < -0.3 is 19.8 Å². The van der Waals surface area contributed by atoms with E-state index in [2.05, 4.69) is 43.3 Å². The first-order chi connectivity index (χ1) is 6.27. The molecular formula is C9H13AlO4. The fourth-order valence-electron chi connectivity index (χ4n) is 0. The first kappa shape index (κ1) is 18.7. The Morgan fingerprint density at radius 2 is 1.21 bits per heavy atom. The van der Waals surface area contributed by atoms with Crippen LogP contribution in [0.4, 0.5) is 0 Å². The van der Waals surface area contributed by atoms with Gasteiger partial charge >= 0.3 is 34.9 Å². The minimum absolute atomic E-state index is 0.722. The Kier molecular flexibility index (Phi) is 19.3. The van der Waals surface area contributed by atoms with Crippen LogP contribution in [0.25, 0.3) is 0 Å². The van der Waals surface area contributed by atoms with Crippen LogP contribution in [0.2, 0.25) is 4.78 Å². The van der Waals surface area contributed by atoms with Gasteiger partial charge in [0, 0.05) is 0 Å². The maximum atomic E-state index is 9.14. The van der Waals surface area contributed by atoms with E-state index < -0.39 is 11.9 Å². The summed E-state index contributed by atoms with van der Waals surface area (Å²) in [5.74, 6) is -2.46. The molecule has 0 amide bonds. The van der Waals surface area contributed by atoms with Crippen molar-refractivity contribution in [2.24, 2.45) is 0 Å². The zero-order chi connectivity index (χ0) is 12.1. The number of carboxylic acid groups (broad SMARTS) is 2. The summed E-state index contributed by atoms with van der Waals surface area (Å²) in [6.45, 7) is 10.1. The zero-order valence-electron chi connectivity index (χ0n) is 8.36. The van der Waals surface area contributed by atoms with Crippen molar-refractivity contribution in [2.75, 3.05) is 0 Å². The molecule has 0 aliphatic rings. The van der Waals surface area contributed by atoms with Crippen molar-refractivity contribution >= 4 is 28.2 Å². The van der Waals surface area contributed by atoms with Gasteiger partial charge in [0.25, 0.3) is 0 Å². The van der Waals surface area contributed by atoms with Gasteiger partial charge in [-0.1, -0.05) is 13.2 Å². The molecule has 0 fully saturated rings. The molecule has 0 bridgehead atoms. The predicted octanol–water partition coefficient (Wildman–Crippen LogP) is -1.17. The second kappa shape index (κ2) is 14.5. The average molecular weight is 212 g/mol. The monoisotopic (exact) mass is 212 g/mol. The Morgan fingerprint density at radius 3 is 1.21 bits per heavy atom. The first-order valence-electron chi connectivity index (χ1n) is 3.70. The second-order valence-corrected chi connectivity index (χ2v) is 3.62. The molecule has 0 saturated carbocycles. The van der Waals surface area contributed by atoms with Crippen LogP contribution in [0.15, 0.2) is 25.3 Å². The van der Waals surface area contributed by atoms with Gasteiger partial charge in [0.1, 0.15) is 0 Å². The number of hydrogen-bond acceptors (Lipinski definition) is 4. The third-order valence-electron chi connectivity index (χ3n) is 0.333. The SMILES string of the molecule is C=CC(=O)[O-].C=CC(=O)[O-].C[CH](C)[Al+2]. The minimum atomic E-state index is -1.23. The van der Waals surface area contributed by atoms with Crippen LogP contribution in [-0.2, 0) is 9.59 Å². The molecule has 0 N–H and O–H groups in total. The number of carboxylic acids is 2. The van der Waals surface area contributed by atoms with Gasteiger partial charge in [0.05, 0.1) is 11.9 Å². The van der Waals surface area contributed by atoms with Gasteiger partial charge in [-0.05, 0) is 12.2 Å². The summed E-state index contributed by atoms with van der Waals surface area (Å²) >= 11 is 2.66. The molecule has 0 atom stereocenters. The van der Waals surface area contributed by atoms with Crippen LogP contribution in [0.1, 0.15) is 13.8 Å². The Balaban J connectivity index is -0.000000131. The van der Waals surface area contributed by atoms with Gasteiger partial charge in [0.2, 0.25) is 0 Å². The summed E-state index contributed by atoms with van der Waals surface area (Å²) in [4.78, 5) is 18.3. The van der Waals surface area contributed by atoms with Gasteiger partial charge in [0.15, 0.2) is 0 Å². The van der Waals surface area contributed by atoms with Crippen LogP contribution < -0.4 is 10.2 Å². The van der Waals surface area contributed by atoms with Gasteiger partial charge in [-0.25, -0.2) is 0 Å². The summed E-state index contributed by atoms with van der Waals surface area (Å²) in [6.07, 6.45) is 1.44. The molecule has 0 aliphatic heterocycles. The van der Waals surface area contributed by atoms with Crippen LogP contribution in [0, 0.1) is 0 Å². The topological polar surface area (TPSA) is 80.3 Å². The van der Waals surface area contributed by atoms with Crippen molar-refractivity contribution in [3.05, 3.63) is 25.3 Å². The molecule has 0 aromatic heterocycles. The third-order valence-corrected chi connectivity index (χ3v) is 0.333. The van der Waals surface area contributed by atoms with Crippen LogP contribution in [0.5, 0.6) is 0 Å². The number of aliphatic carboxylic acids is 2. The standard InChI is InChI=1S/2C3H4O2.C3H7.Al/c2*1-2-3(4)5;1-3-2;/h2*2H,1H2,(H,4,5);3H,1-2H3;/q;;;+2/p-2. The van der Waals surface area contributed by atoms with E-state index >= 15 is 0 Å². The van der Waals surface area contributed by atoms with Gasteiger partial charge in [-0.15, -0.1) is 0 Å². The number of carbonyl (C=O) groups is 2. The number of carbonyl (C=O) groups excluding carboxylic acids is 2. The summed E-state index contributed by atoms with van der Waals surface area (Å²) in [5, 5.41) is 18.3. The van der Waals surface area contributed by atoms with Crippen molar-refractivity contribution in [1.82, 2.24) is 0 Å². The quantitative estimate of drug-likeness (QED) is 0.426. The average Bonchev–Trinajstić information content (AvgIpc) is 2.04. The third kappa shape index (κ3) is 124. The molecule has 0 radical (unpaired) electrons. The van der Waals surface area contributed by atoms with E-state index in [1.54, 1.807) is 0 Å². The summed E-state index contributed by atoms with van der Waals surface area (Å²) < 4.78 is 0.750. The molecule has 5 heteroatoms. The van der Waals surface area contributed by atoms with Crippen LogP contribution in [0.3, 0.4) is 0 Å². The molecule has 76 valence electrons. The van der Waals surface area contributed by atoms with E-state index in [9.17, 15) is 0 Å². The Hall–Kier alpha value is -1.05. The van der Waals surface area contributed by atoms with E-state index in [-0.39, 0.29) is 0 Å². The van der Waals surface area contributed by atoms with Crippen molar-refractivity contribution in [2.45, 2.75) is 18.6 Å². The molecule has 0 rings (SSSR count). The van der Waals surface area contributed by atoms with E-state index in [0.717, 1.165) is 16.9 Å². The molecule has 0 saturated heterocycles. The molecular weight excluding hydrogens is 199 g/mol. The molecule has 0 aromatic carbocycles. The van der Waals surface area contributed by atoms with E-state index in [4.69, 9.17) is 19.8 Å².